The van der Waals surface area contributed by atoms with E-state index in [1.54, 1.807) is 13.1 Å². The van der Waals surface area contributed by atoms with E-state index in [0.29, 0.717) is 4.88 Å². The van der Waals surface area contributed by atoms with Crippen molar-refractivity contribution in [2.45, 2.75) is 27.7 Å². The molecule has 1 heterocycles. The van der Waals surface area contributed by atoms with Gasteiger partial charge in [-0.2, -0.15) is 0 Å². The number of anilines is 1. The van der Waals surface area contributed by atoms with Gasteiger partial charge in [-0.25, -0.2) is 0 Å². The van der Waals surface area contributed by atoms with Gasteiger partial charge in [0, 0.05) is 17.6 Å². The molecule has 0 radical (unpaired) electrons. The molecule has 0 saturated heterocycles. The van der Waals surface area contributed by atoms with Crippen molar-refractivity contribution < 1.29 is 9.59 Å². The van der Waals surface area contributed by atoms with Gasteiger partial charge in [0.25, 0.3) is 5.91 Å². The summed E-state index contributed by atoms with van der Waals surface area (Å²) in [4.78, 5) is 27.7. The monoisotopic (exact) mass is 330 g/mol. The summed E-state index contributed by atoms with van der Waals surface area (Å²) in [5.41, 5.74) is 4.05. The van der Waals surface area contributed by atoms with E-state index in [2.05, 4.69) is 5.32 Å². The molecule has 0 fully saturated rings. The third-order valence-corrected chi connectivity index (χ3v) is 4.61. The van der Waals surface area contributed by atoms with Gasteiger partial charge in [0.15, 0.2) is 0 Å². The molecule has 1 aromatic heterocycles. The van der Waals surface area contributed by atoms with Crippen molar-refractivity contribution in [3.63, 3.8) is 0 Å². The standard InChI is InChI=1S/C18H22N2O2S/c1-11-8-12(2)17(13(3)9-11)19-16(21)10-20(5)18(22)15-7-6-14(4)23-15/h6-9H,10H2,1-5H3,(H,19,21). The van der Waals surface area contributed by atoms with Crippen molar-refractivity contribution in [2.24, 2.45) is 0 Å². The minimum Gasteiger partial charge on any atom is -0.332 e. The Morgan fingerprint density at radius 3 is 2.22 bits per heavy atom. The van der Waals surface area contributed by atoms with Gasteiger partial charge < -0.3 is 10.2 Å². The van der Waals surface area contributed by atoms with Crippen LogP contribution in [0.4, 0.5) is 5.69 Å². The Hall–Kier alpha value is -2.14. The molecule has 122 valence electrons. The molecule has 1 N–H and O–H groups in total. The zero-order valence-corrected chi connectivity index (χ0v) is 15.0. The number of benzene rings is 1. The molecule has 23 heavy (non-hydrogen) atoms. The van der Waals surface area contributed by atoms with Gasteiger partial charge >= 0.3 is 0 Å². The highest BCUT2D eigenvalue weighted by atomic mass is 32.1. The van der Waals surface area contributed by atoms with E-state index in [1.807, 2.05) is 45.9 Å². The number of hydrogen-bond donors (Lipinski definition) is 1. The number of thiophene rings is 1. The number of carbonyl (C=O) groups is 2. The normalized spacial score (nSPS) is 10.5. The Morgan fingerprint density at radius 1 is 1.09 bits per heavy atom. The van der Waals surface area contributed by atoms with Crippen LogP contribution in [0.15, 0.2) is 24.3 Å². The van der Waals surface area contributed by atoms with Gasteiger partial charge in [0.2, 0.25) is 5.91 Å². The fourth-order valence-corrected chi connectivity index (χ4v) is 3.44. The highest BCUT2D eigenvalue weighted by molar-refractivity contribution is 7.13. The molecule has 0 saturated carbocycles. The zero-order valence-electron chi connectivity index (χ0n) is 14.2. The van der Waals surface area contributed by atoms with Gasteiger partial charge in [-0.1, -0.05) is 17.7 Å². The topological polar surface area (TPSA) is 49.4 Å². The van der Waals surface area contributed by atoms with E-state index in [-0.39, 0.29) is 18.4 Å². The van der Waals surface area contributed by atoms with Crippen molar-refractivity contribution >= 4 is 28.8 Å². The molecule has 0 aliphatic heterocycles. The largest absolute Gasteiger partial charge is 0.332 e. The lowest BCUT2D eigenvalue weighted by atomic mass is 10.1. The molecule has 4 nitrogen and oxygen atoms in total. The molecule has 0 aliphatic carbocycles. The van der Waals surface area contributed by atoms with Crippen LogP contribution in [0, 0.1) is 27.7 Å². The maximum absolute atomic E-state index is 12.3. The fourth-order valence-electron chi connectivity index (χ4n) is 2.58. The number of amides is 2. The molecule has 1 aromatic carbocycles. The number of rotatable bonds is 4. The number of nitrogens with one attached hydrogen (secondary N) is 1. The first-order valence-electron chi connectivity index (χ1n) is 7.47. The maximum atomic E-state index is 12.3. The van der Waals surface area contributed by atoms with Crippen LogP contribution in [-0.2, 0) is 4.79 Å². The predicted molar refractivity (Wildman–Crippen MR) is 95.3 cm³/mol. The van der Waals surface area contributed by atoms with Gasteiger partial charge in [-0.15, -0.1) is 11.3 Å². The second-order valence-corrected chi connectivity index (χ2v) is 7.18. The fraction of sp³-hybridized carbons (Fsp3) is 0.333. The van der Waals surface area contributed by atoms with Crippen LogP contribution in [0.5, 0.6) is 0 Å². The third kappa shape index (κ3) is 4.20. The SMILES string of the molecule is Cc1cc(C)c(NC(=O)CN(C)C(=O)c2ccc(C)s2)c(C)c1. The molecule has 2 aromatic rings. The molecule has 0 spiro atoms. The van der Waals surface area contributed by atoms with E-state index in [4.69, 9.17) is 0 Å². The zero-order chi connectivity index (χ0) is 17.1. The van der Waals surface area contributed by atoms with Crippen molar-refractivity contribution in [3.8, 4) is 0 Å². The summed E-state index contributed by atoms with van der Waals surface area (Å²) in [5.74, 6) is -0.320. The molecule has 0 atom stereocenters. The molecule has 0 aliphatic rings. The van der Waals surface area contributed by atoms with Crippen molar-refractivity contribution in [3.05, 3.63) is 50.7 Å². The number of nitrogens with zero attached hydrogens (tertiary/aromatic N) is 1. The Labute approximate surface area is 141 Å². The average Bonchev–Trinajstić information content (AvgIpc) is 2.88. The summed E-state index contributed by atoms with van der Waals surface area (Å²) in [6.07, 6.45) is 0. The van der Waals surface area contributed by atoms with Crippen LogP contribution < -0.4 is 5.32 Å². The quantitative estimate of drug-likeness (QED) is 0.929. The molecule has 2 amide bonds. The third-order valence-electron chi connectivity index (χ3n) is 3.62. The van der Waals surface area contributed by atoms with E-state index in [9.17, 15) is 9.59 Å². The van der Waals surface area contributed by atoms with E-state index >= 15 is 0 Å². The summed E-state index contributed by atoms with van der Waals surface area (Å²) < 4.78 is 0. The van der Waals surface area contributed by atoms with Gasteiger partial charge in [-0.05, 0) is 51.0 Å². The van der Waals surface area contributed by atoms with Gasteiger partial charge in [0.05, 0.1) is 11.4 Å². The average molecular weight is 330 g/mol. The van der Waals surface area contributed by atoms with Crippen LogP contribution in [0.1, 0.15) is 31.2 Å². The number of carbonyl (C=O) groups excluding carboxylic acids is 2. The molecule has 5 heteroatoms. The lowest BCUT2D eigenvalue weighted by Gasteiger charge is -2.18. The van der Waals surface area contributed by atoms with Crippen molar-refractivity contribution in [2.75, 3.05) is 18.9 Å². The molecule has 2 rings (SSSR count). The van der Waals surface area contributed by atoms with Crippen molar-refractivity contribution in [1.29, 1.82) is 0 Å². The number of aryl methyl sites for hydroxylation is 4. The smallest absolute Gasteiger partial charge is 0.264 e. The summed E-state index contributed by atoms with van der Waals surface area (Å²) in [5, 5.41) is 2.92. The van der Waals surface area contributed by atoms with Crippen LogP contribution >= 0.6 is 11.3 Å². The lowest BCUT2D eigenvalue weighted by molar-refractivity contribution is -0.116. The molecular weight excluding hydrogens is 308 g/mol. The number of likely N-dealkylation sites (N-methyl/N-ethyl adjacent to an activating group) is 1. The van der Waals surface area contributed by atoms with Crippen LogP contribution in [0.25, 0.3) is 0 Å². The summed E-state index contributed by atoms with van der Waals surface area (Å²) in [6.45, 7) is 7.96. The molecule has 0 unspecified atom stereocenters. The first-order chi connectivity index (χ1) is 10.8. The van der Waals surface area contributed by atoms with Crippen LogP contribution in [-0.4, -0.2) is 30.3 Å². The maximum Gasteiger partial charge on any atom is 0.264 e. The lowest BCUT2D eigenvalue weighted by Crippen LogP contribution is -2.34. The second-order valence-electron chi connectivity index (χ2n) is 5.89. The Morgan fingerprint density at radius 2 is 1.70 bits per heavy atom. The second kappa shape index (κ2) is 6.96. The minimum absolute atomic E-state index is 0.0303. The highest BCUT2D eigenvalue weighted by Gasteiger charge is 2.17. The van der Waals surface area contributed by atoms with Crippen LogP contribution in [0.3, 0.4) is 0 Å². The highest BCUT2D eigenvalue weighted by Crippen LogP contribution is 2.22. The molecule has 0 bridgehead atoms. The minimum atomic E-state index is -0.191. The first kappa shape index (κ1) is 17.2. The predicted octanol–water partition coefficient (Wildman–Crippen LogP) is 3.69. The Balaban J connectivity index is 2.03. The van der Waals surface area contributed by atoms with E-state index in [1.165, 1.54) is 21.8 Å². The summed E-state index contributed by atoms with van der Waals surface area (Å²) >= 11 is 1.44. The van der Waals surface area contributed by atoms with E-state index in [0.717, 1.165) is 21.7 Å². The van der Waals surface area contributed by atoms with Crippen LogP contribution in [0.2, 0.25) is 0 Å². The first-order valence-corrected chi connectivity index (χ1v) is 8.29. The molecular formula is C18H22N2O2S. The van der Waals surface area contributed by atoms with Crippen molar-refractivity contribution in [1.82, 2.24) is 4.90 Å². The Bertz CT molecular complexity index is 726. The number of hydrogen-bond acceptors (Lipinski definition) is 3. The van der Waals surface area contributed by atoms with E-state index < -0.39 is 0 Å². The summed E-state index contributed by atoms with van der Waals surface area (Å²) in [7, 11) is 1.64. The van der Waals surface area contributed by atoms with Gasteiger partial charge in [0.1, 0.15) is 0 Å². The van der Waals surface area contributed by atoms with Gasteiger partial charge in [-0.3, -0.25) is 9.59 Å². The summed E-state index contributed by atoms with van der Waals surface area (Å²) in [6, 6.07) is 7.77. The Kier molecular flexibility index (Phi) is 5.21.